The van der Waals surface area contributed by atoms with E-state index < -0.39 is 11.9 Å². The molecule has 0 bridgehead atoms. The molecule has 0 saturated carbocycles. The van der Waals surface area contributed by atoms with Crippen LogP contribution in [0.3, 0.4) is 0 Å². The van der Waals surface area contributed by atoms with Gasteiger partial charge in [-0.25, -0.2) is 4.79 Å². The second-order valence-corrected chi connectivity index (χ2v) is 5.86. The van der Waals surface area contributed by atoms with Gasteiger partial charge < -0.3 is 24.3 Å². The maximum Gasteiger partial charge on any atom is 0.344 e. The summed E-state index contributed by atoms with van der Waals surface area (Å²) in [7, 11) is 3.01. The van der Waals surface area contributed by atoms with Gasteiger partial charge in [0, 0.05) is 5.69 Å². The van der Waals surface area contributed by atoms with Crippen LogP contribution in [-0.4, -0.2) is 39.3 Å². The lowest BCUT2D eigenvalue weighted by Gasteiger charge is -2.11. The number of nitrogens with zero attached hydrogens (tertiary/aromatic N) is 1. The number of hydrogen-bond acceptors (Lipinski definition) is 7. The summed E-state index contributed by atoms with van der Waals surface area (Å²) in [5, 5.41) is 12.1. The molecule has 30 heavy (non-hydrogen) atoms. The average Bonchev–Trinajstić information content (AvgIpc) is 2.76. The number of methoxy groups -OCH3 is 2. The topological polar surface area (TPSA) is 107 Å². The van der Waals surface area contributed by atoms with Gasteiger partial charge in [0.2, 0.25) is 0 Å². The summed E-state index contributed by atoms with van der Waals surface area (Å²) in [4.78, 5) is 24.0. The first kappa shape index (κ1) is 22.3. The van der Waals surface area contributed by atoms with Crippen molar-refractivity contribution in [3.63, 3.8) is 0 Å². The van der Waals surface area contributed by atoms with Gasteiger partial charge in [-0.3, -0.25) is 4.79 Å². The summed E-state index contributed by atoms with van der Waals surface area (Å²) in [5.41, 5.74) is 0.943. The van der Waals surface area contributed by atoms with Crippen LogP contribution in [0.1, 0.15) is 12.5 Å². The SMILES string of the molecule is CCOC(=O)COc1cc(/C=C(/C#N)C(=O)Nc2ccc(OC)cc2)ccc1OC. The highest BCUT2D eigenvalue weighted by atomic mass is 16.6. The van der Waals surface area contributed by atoms with E-state index in [1.165, 1.54) is 13.2 Å². The van der Waals surface area contributed by atoms with Crippen LogP contribution in [0, 0.1) is 11.3 Å². The van der Waals surface area contributed by atoms with Gasteiger partial charge in [-0.2, -0.15) is 5.26 Å². The van der Waals surface area contributed by atoms with Crippen molar-refractivity contribution in [3.8, 4) is 23.3 Å². The first-order valence-electron chi connectivity index (χ1n) is 9.04. The molecule has 0 spiro atoms. The van der Waals surface area contributed by atoms with Crippen molar-refractivity contribution in [2.45, 2.75) is 6.92 Å². The summed E-state index contributed by atoms with van der Waals surface area (Å²) in [6, 6.07) is 13.5. The normalized spacial score (nSPS) is 10.5. The molecular formula is C22H22N2O6. The number of anilines is 1. The van der Waals surface area contributed by atoms with Gasteiger partial charge in [-0.1, -0.05) is 6.07 Å². The van der Waals surface area contributed by atoms with Gasteiger partial charge in [0.25, 0.3) is 5.91 Å². The molecule has 1 N–H and O–H groups in total. The molecule has 0 radical (unpaired) electrons. The van der Waals surface area contributed by atoms with Crippen LogP contribution in [0.4, 0.5) is 5.69 Å². The Kier molecular flexibility index (Phi) is 8.27. The second-order valence-electron chi connectivity index (χ2n) is 5.86. The van der Waals surface area contributed by atoms with Crippen molar-refractivity contribution in [2.75, 3.05) is 32.8 Å². The number of ether oxygens (including phenoxy) is 4. The van der Waals surface area contributed by atoms with Crippen molar-refractivity contribution in [2.24, 2.45) is 0 Å². The zero-order valence-corrected chi connectivity index (χ0v) is 16.9. The zero-order valence-electron chi connectivity index (χ0n) is 16.9. The van der Waals surface area contributed by atoms with E-state index in [-0.39, 0.29) is 24.5 Å². The molecule has 1 amide bonds. The molecule has 0 saturated heterocycles. The predicted octanol–water partition coefficient (Wildman–Crippen LogP) is 3.19. The van der Waals surface area contributed by atoms with Gasteiger partial charge in [0.1, 0.15) is 17.4 Å². The highest BCUT2D eigenvalue weighted by Crippen LogP contribution is 2.29. The van der Waals surface area contributed by atoms with E-state index in [0.717, 1.165) is 0 Å². The van der Waals surface area contributed by atoms with Crippen molar-refractivity contribution in [1.29, 1.82) is 5.26 Å². The average molecular weight is 410 g/mol. The minimum Gasteiger partial charge on any atom is -0.497 e. The Morgan fingerprint density at radius 2 is 1.80 bits per heavy atom. The van der Waals surface area contributed by atoms with Crippen molar-refractivity contribution >= 4 is 23.6 Å². The highest BCUT2D eigenvalue weighted by molar-refractivity contribution is 6.09. The van der Waals surface area contributed by atoms with Crippen LogP contribution in [0.15, 0.2) is 48.0 Å². The number of benzene rings is 2. The molecule has 0 aliphatic heterocycles. The summed E-state index contributed by atoms with van der Waals surface area (Å²) in [5.74, 6) is 0.256. The first-order valence-corrected chi connectivity index (χ1v) is 9.04. The molecule has 8 heteroatoms. The minimum absolute atomic E-state index is 0.104. The summed E-state index contributed by atoms with van der Waals surface area (Å²) in [6.45, 7) is 1.65. The quantitative estimate of drug-likeness (QED) is 0.384. The van der Waals surface area contributed by atoms with Gasteiger partial charge in [0.15, 0.2) is 18.1 Å². The molecule has 0 aliphatic carbocycles. The largest absolute Gasteiger partial charge is 0.497 e. The maximum atomic E-state index is 12.4. The summed E-state index contributed by atoms with van der Waals surface area (Å²) < 4.78 is 20.6. The van der Waals surface area contributed by atoms with Crippen LogP contribution in [0.5, 0.6) is 17.2 Å². The molecule has 0 aliphatic rings. The van der Waals surface area contributed by atoms with Crippen molar-refractivity contribution in [3.05, 3.63) is 53.6 Å². The van der Waals surface area contributed by atoms with E-state index in [4.69, 9.17) is 18.9 Å². The Hall–Kier alpha value is -3.99. The summed E-state index contributed by atoms with van der Waals surface area (Å²) in [6.07, 6.45) is 1.41. The third-order valence-electron chi connectivity index (χ3n) is 3.86. The van der Waals surface area contributed by atoms with Crippen molar-refractivity contribution in [1.82, 2.24) is 0 Å². The van der Waals surface area contributed by atoms with E-state index in [1.807, 2.05) is 6.07 Å². The number of rotatable bonds is 9. The highest BCUT2D eigenvalue weighted by Gasteiger charge is 2.12. The van der Waals surface area contributed by atoms with Crippen LogP contribution in [-0.2, 0) is 14.3 Å². The monoisotopic (exact) mass is 410 g/mol. The van der Waals surface area contributed by atoms with Crippen LogP contribution in [0.25, 0.3) is 6.08 Å². The third kappa shape index (κ3) is 6.27. The number of amides is 1. The standard InChI is InChI=1S/C22H22N2O6/c1-4-29-21(25)14-30-20-12-15(5-10-19(20)28-3)11-16(13-23)22(26)24-17-6-8-18(27-2)9-7-17/h5-12H,4,14H2,1-3H3,(H,24,26)/b16-11-. The van der Waals surface area contributed by atoms with E-state index >= 15 is 0 Å². The van der Waals surface area contributed by atoms with E-state index in [2.05, 4.69) is 5.32 Å². The molecule has 2 aromatic carbocycles. The lowest BCUT2D eigenvalue weighted by Crippen LogP contribution is -2.15. The Balaban J connectivity index is 2.18. The Bertz CT molecular complexity index is 961. The molecule has 0 aromatic heterocycles. The Morgan fingerprint density at radius 1 is 1.07 bits per heavy atom. The molecular weight excluding hydrogens is 388 g/mol. The molecule has 2 rings (SSSR count). The lowest BCUT2D eigenvalue weighted by molar-refractivity contribution is -0.145. The summed E-state index contributed by atoms with van der Waals surface area (Å²) >= 11 is 0. The maximum absolute atomic E-state index is 12.4. The number of carbonyl (C=O) groups excluding carboxylic acids is 2. The second kappa shape index (κ2) is 11.1. The molecule has 156 valence electrons. The molecule has 0 atom stereocenters. The fourth-order valence-electron chi connectivity index (χ4n) is 2.42. The Morgan fingerprint density at radius 3 is 2.40 bits per heavy atom. The molecule has 8 nitrogen and oxygen atoms in total. The van der Waals surface area contributed by atoms with Gasteiger partial charge >= 0.3 is 5.97 Å². The van der Waals surface area contributed by atoms with E-state index in [1.54, 1.807) is 56.5 Å². The minimum atomic E-state index is -0.563. The molecule has 2 aromatic rings. The fraction of sp³-hybridized carbons (Fsp3) is 0.227. The zero-order chi connectivity index (χ0) is 21.9. The van der Waals surface area contributed by atoms with Crippen LogP contribution >= 0.6 is 0 Å². The van der Waals surface area contributed by atoms with Gasteiger partial charge in [0.05, 0.1) is 20.8 Å². The predicted molar refractivity (Wildman–Crippen MR) is 110 cm³/mol. The van der Waals surface area contributed by atoms with Crippen LogP contribution in [0.2, 0.25) is 0 Å². The van der Waals surface area contributed by atoms with E-state index in [0.29, 0.717) is 22.7 Å². The molecule has 0 heterocycles. The first-order chi connectivity index (χ1) is 14.5. The Labute approximate surface area is 174 Å². The van der Waals surface area contributed by atoms with Gasteiger partial charge in [-0.15, -0.1) is 0 Å². The van der Waals surface area contributed by atoms with Crippen LogP contribution < -0.4 is 19.5 Å². The number of hydrogen-bond donors (Lipinski definition) is 1. The third-order valence-corrected chi connectivity index (χ3v) is 3.86. The molecule has 0 unspecified atom stereocenters. The number of carbonyl (C=O) groups is 2. The van der Waals surface area contributed by atoms with Crippen molar-refractivity contribution < 1.29 is 28.5 Å². The fourth-order valence-corrected chi connectivity index (χ4v) is 2.42. The number of nitrogens with one attached hydrogen (secondary N) is 1. The number of esters is 1. The van der Waals surface area contributed by atoms with Gasteiger partial charge in [-0.05, 0) is 55.0 Å². The lowest BCUT2D eigenvalue weighted by atomic mass is 10.1. The van der Waals surface area contributed by atoms with E-state index in [9.17, 15) is 14.9 Å². The smallest absolute Gasteiger partial charge is 0.344 e. The number of nitriles is 1. The molecule has 0 fully saturated rings.